The lowest BCUT2D eigenvalue weighted by atomic mass is 9.90. The van der Waals surface area contributed by atoms with Gasteiger partial charge in [-0.25, -0.2) is 0 Å². The minimum atomic E-state index is 0.287. The van der Waals surface area contributed by atoms with Gasteiger partial charge in [-0.1, -0.05) is 42.5 Å². The van der Waals surface area contributed by atoms with Gasteiger partial charge in [0.2, 0.25) is 0 Å². The fourth-order valence-corrected chi connectivity index (χ4v) is 4.65. The summed E-state index contributed by atoms with van der Waals surface area (Å²) in [7, 11) is 0. The Morgan fingerprint density at radius 1 is 1.04 bits per heavy atom. The Bertz CT molecular complexity index is 1080. The lowest BCUT2D eigenvalue weighted by molar-refractivity contribution is 0.203. The number of hydrogen-bond acceptors (Lipinski definition) is 2. The van der Waals surface area contributed by atoms with E-state index in [2.05, 4.69) is 70.4 Å². The Morgan fingerprint density at radius 3 is 2.75 bits per heavy atom. The molecule has 142 valence electrons. The lowest BCUT2D eigenvalue weighted by Crippen LogP contribution is -2.37. The molecule has 0 saturated carbocycles. The summed E-state index contributed by atoms with van der Waals surface area (Å²) >= 11 is 0. The summed E-state index contributed by atoms with van der Waals surface area (Å²) in [5.41, 5.74) is 6.89. The Labute approximate surface area is 165 Å². The highest BCUT2D eigenvalue weighted by molar-refractivity contribution is 5.85. The molecule has 0 bridgehead atoms. The summed E-state index contributed by atoms with van der Waals surface area (Å²) in [4.78, 5) is 6.41. The molecular weight excluding hydrogens is 344 g/mol. The first kappa shape index (κ1) is 17.3. The molecule has 0 radical (unpaired) electrons. The van der Waals surface area contributed by atoms with Gasteiger partial charge >= 0.3 is 0 Å². The van der Waals surface area contributed by atoms with Crippen LogP contribution in [0.4, 0.5) is 0 Å². The molecule has 4 nitrogen and oxygen atoms in total. The second-order valence-electron chi connectivity index (χ2n) is 7.73. The van der Waals surface area contributed by atoms with E-state index in [9.17, 15) is 0 Å². The van der Waals surface area contributed by atoms with Crippen molar-refractivity contribution >= 4 is 10.9 Å². The van der Waals surface area contributed by atoms with Gasteiger partial charge in [-0.15, -0.1) is 0 Å². The average molecular weight is 371 g/mol. The van der Waals surface area contributed by atoms with E-state index >= 15 is 0 Å². The predicted molar refractivity (Wildman–Crippen MR) is 113 cm³/mol. The summed E-state index contributed by atoms with van der Waals surface area (Å²) in [5.74, 6) is 0. The zero-order valence-corrected chi connectivity index (χ0v) is 16.3. The minimum absolute atomic E-state index is 0.287. The van der Waals surface area contributed by atoms with Crippen LogP contribution >= 0.6 is 0 Å². The fraction of sp³-hybridized carbons (Fsp3) is 0.292. The standard InChI is InChI=1S/C24H26N4/c1-18-8-2-3-9-19(18)24-23-21(20-10-4-5-11-22(20)26-23)12-17-27(24)14-7-16-28-15-6-13-25-28/h2-6,8-11,13,15,24,26H,7,12,14,16-17H2,1H3/t24-/m0/s1. The molecule has 4 aromatic rings. The van der Waals surface area contributed by atoms with Gasteiger partial charge in [-0.2, -0.15) is 5.10 Å². The fourth-order valence-electron chi connectivity index (χ4n) is 4.65. The van der Waals surface area contributed by atoms with Crippen molar-refractivity contribution in [2.24, 2.45) is 0 Å². The van der Waals surface area contributed by atoms with E-state index < -0.39 is 0 Å². The van der Waals surface area contributed by atoms with Crippen molar-refractivity contribution in [3.63, 3.8) is 0 Å². The summed E-state index contributed by atoms with van der Waals surface area (Å²) in [6.07, 6.45) is 6.10. The number of nitrogens with zero attached hydrogens (tertiary/aromatic N) is 3. The van der Waals surface area contributed by atoms with Crippen molar-refractivity contribution in [2.45, 2.75) is 32.4 Å². The van der Waals surface area contributed by atoms with E-state index in [4.69, 9.17) is 0 Å². The van der Waals surface area contributed by atoms with E-state index in [1.54, 1.807) is 0 Å². The van der Waals surface area contributed by atoms with Crippen LogP contribution in [0.2, 0.25) is 0 Å². The highest BCUT2D eigenvalue weighted by Crippen LogP contribution is 2.39. The van der Waals surface area contributed by atoms with Gasteiger partial charge in [0, 0.05) is 48.6 Å². The molecule has 0 unspecified atom stereocenters. The molecule has 0 saturated heterocycles. The quantitative estimate of drug-likeness (QED) is 0.552. The number of fused-ring (bicyclic) bond motifs is 3. The van der Waals surface area contributed by atoms with Crippen molar-refractivity contribution in [1.29, 1.82) is 0 Å². The Morgan fingerprint density at radius 2 is 1.89 bits per heavy atom. The van der Waals surface area contributed by atoms with Crippen LogP contribution < -0.4 is 0 Å². The molecule has 1 aliphatic rings. The van der Waals surface area contributed by atoms with Gasteiger partial charge in [-0.3, -0.25) is 9.58 Å². The van der Waals surface area contributed by atoms with Crippen molar-refractivity contribution in [3.8, 4) is 0 Å². The van der Waals surface area contributed by atoms with Crippen LogP contribution in [0.1, 0.15) is 34.8 Å². The average Bonchev–Trinajstić information content (AvgIpc) is 3.36. The summed E-state index contributed by atoms with van der Waals surface area (Å²) in [6, 6.07) is 19.8. The molecule has 3 heterocycles. The highest BCUT2D eigenvalue weighted by Gasteiger charge is 2.31. The van der Waals surface area contributed by atoms with Crippen LogP contribution in [0.5, 0.6) is 0 Å². The van der Waals surface area contributed by atoms with Crippen molar-refractivity contribution < 1.29 is 0 Å². The van der Waals surface area contributed by atoms with Gasteiger partial charge in [-0.05, 0) is 48.6 Å². The van der Waals surface area contributed by atoms with Crippen LogP contribution in [0.25, 0.3) is 10.9 Å². The molecule has 2 aromatic heterocycles. The maximum absolute atomic E-state index is 4.35. The number of aryl methyl sites for hydroxylation is 2. The number of nitrogens with one attached hydrogen (secondary N) is 1. The second-order valence-corrected chi connectivity index (χ2v) is 7.73. The van der Waals surface area contributed by atoms with Gasteiger partial charge in [0.1, 0.15) is 0 Å². The molecule has 1 N–H and O–H groups in total. The van der Waals surface area contributed by atoms with Crippen molar-refractivity contribution in [2.75, 3.05) is 13.1 Å². The van der Waals surface area contributed by atoms with Crippen LogP contribution in [-0.4, -0.2) is 32.8 Å². The highest BCUT2D eigenvalue weighted by atomic mass is 15.3. The first-order valence-corrected chi connectivity index (χ1v) is 10.2. The maximum atomic E-state index is 4.35. The van der Waals surface area contributed by atoms with E-state index in [-0.39, 0.29) is 6.04 Å². The number of benzene rings is 2. The normalized spacial score (nSPS) is 17.1. The van der Waals surface area contributed by atoms with E-state index in [1.807, 2.05) is 23.1 Å². The van der Waals surface area contributed by atoms with Crippen LogP contribution in [0.3, 0.4) is 0 Å². The SMILES string of the molecule is Cc1ccccc1[C@H]1c2[nH]c3ccccc3c2CCN1CCCn1cccn1. The second kappa shape index (κ2) is 7.28. The molecular formula is C24H26N4. The first-order valence-electron chi connectivity index (χ1n) is 10.2. The van der Waals surface area contributed by atoms with Gasteiger partial charge < -0.3 is 4.98 Å². The molecule has 2 aromatic carbocycles. The molecule has 0 amide bonds. The smallest absolute Gasteiger partial charge is 0.0760 e. The molecule has 0 fully saturated rings. The largest absolute Gasteiger partial charge is 0.357 e. The molecule has 1 aliphatic heterocycles. The third kappa shape index (κ3) is 3.04. The number of aromatic amines is 1. The minimum Gasteiger partial charge on any atom is -0.357 e. The summed E-state index contributed by atoms with van der Waals surface area (Å²) in [5, 5.41) is 5.73. The van der Waals surface area contributed by atoms with Crippen LogP contribution in [0, 0.1) is 6.92 Å². The first-order chi connectivity index (χ1) is 13.8. The van der Waals surface area contributed by atoms with Crippen molar-refractivity contribution in [3.05, 3.63) is 89.4 Å². The maximum Gasteiger partial charge on any atom is 0.0760 e. The number of para-hydroxylation sites is 1. The molecule has 4 heteroatoms. The third-order valence-electron chi connectivity index (χ3n) is 6.01. The monoisotopic (exact) mass is 370 g/mol. The third-order valence-corrected chi connectivity index (χ3v) is 6.01. The molecule has 0 aliphatic carbocycles. The Kier molecular flexibility index (Phi) is 4.49. The number of rotatable bonds is 5. The Balaban J connectivity index is 1.51. The van der Waals surface area contributed by atoms with Crippen LogP contribution in [-0.2, 0) is 13.0 Å². The summed E-state index contributed by atoms with van der Waals surface area (Å²) in [6.45, 7) is 5.35. The van der Waals surface area contributed by atoms with Crippen molar-refractivity contribution in [1.82, 2.24) is 19.7 Å². The van der Waals surface area contributed by atoms with E-state index in [0.717, 1.165) is 32.5 Å². The molecule has 1 atom stereocenters. The van der Waals surface area contributed by atoms with Gasteiger partial charge in [0.25, 0.3) is 0 Å². The Hall–Kier alpha value is -2.85. The van der Waals surface area contributed by atoms with Gasteiger partial charge in [0.05, 0.1) is 6.04 Å². The van der Waals surface area contributed by atoms with E-state index in [1.165, 1.54) is 33.3 Å². The summed E-state index contributed by atoms with van der Waals surface area (Å²) < 4.78 is 2.03. The number of aromatic nitrogens is 3. The zero-order valence-electron chi connectivity index (χ0n) is 16.3. The molecule has 5 rings (SSSR count). The topological polar surface area (TPSA) is 36.9 Å². The predicted octanol–water partition coefficient (Wildman–Crippen LogP) is 4.71. The van der Waals surface area contributed by atoms with Crippen LogP contribution in [0.15, 0.2) is 67.0 Å². The molecule has 28 heavy (non-hydrogen) atoms. The lowest BCUT2D eigenvalue weighted by Gasteiger charge is -2.37. The zero-order chi connectivity index (χ0) is 18.9. The number of H-pyrrole nitrogens is 1. The molecule has 0 spiro atoms. The number of hydrogen-bond donors (Lipinski definition) is 1. The van der Waals surface area contributed by atoms with Gasteiger partial charge in [0.15, 0.2) is 0 Å². The van der Waals surface area contributed by atoms with E-state index in [0.29, 0.717) is 0 Å².